The molecule has 0 saturated heterocycles. The van der Waals surface area contributed by atoms with Crippen molar-refractivity contribution >= 4 is 17.3 Å². The third-order valence-electron chi connectivity index (χ3n) is 2.31. The van der Waals surface area contributed by atoms with E-state index in [9.17, 15) is 10.1 Å². The maximum absolute atomic E-state index is 10.9. The highest BCUT2D eigenvalue weighted by Crippen LogP contribution is 2.29. The van der Waals surface area contributed by atoms with E-state index in [0.29, 0.717) is 17.6 Å². The van der Waals surface area contributed by atoms with Crippen LogP contribution in [-0.2, 0) is 0 Å². The Bertz CT molecular complexity index is 475. The van der Waals surface area contributed by atoms with Crippen molar-refractivity contribution < 1.29 is 9.66 Å². The van der Waals surface area contributed by atoms with E-state index < -0.39 is 4.92 Å². The van der Waals surface area contributed by atoms with Crippen molar-refractivity contribution in [2.24, 2.45) is 0 Å². The lowest BCUT2D eigenvalue weighted by Gasteiger charge is -2.12. The average molecular weight is 285 g/mol. The molecule has 0 heterocycles. The zero-order chi connectivity index (χ0) is 14.4. The fraction of sp³-hybridized carbons (Fsp3) is 0.385. The van der Waals surface area contributed by atoms with E-state index in [1.165, 1.54) is 12.1 Å². The normalized spacial score (nSPS) is 10.5. The van der Waals surface area contributed by atoms with Crippen molar-refractivity contribution in [2.45, 2.75) is 19.9 Å². The van der Waals surface area contributed by atoms with Crippen LogP contribution >= 0.6 is 11.6 Å². The molecule has 0 fully saturated rings. The number of nitro benzene ring substituents is 1. The molecule has 1 N–H and O–H groups in total. The van der Waals surface area contributed by atoms with E-state index in [2.05, 4.69) is 11.9 Å². The predicted octanol–water partition coefficient (Wildman–Crippen LogP) is 3.18. The molecular formula is C13H17ClN2O3. The lowest BCUT2D eigenvalue weighted by atomic mass is 10.2. The molecule has 0 saturated carbocycles. The van der Waals surface area contributed by atoms with Crippen LogP contribution in [0.1, 0.15) is 13.8 Å². The average Bonchev–Trinajstić information content (AvgIpc) is 2.34. The molecule has 1 rings (SSSR count). The summed E-state index contributed by atoms with van der Waals surface area (Å²) in [6.07, 6.45) is 0. The Hall–Kier alpha value is -1.59. The number of halogens is 1. The molecule has 0 aliphatic rings. The summed E-state index contributed by atoms with van der Waals surface area (Å²) in [5, 5.41) is 14.4. The maximum Gasteiger partial charge on any atom is 0.312 e. The van der Waals surface area contributed by atoms with Crippen LogP contribution in [0.25, 0.3) is 0 Å². The van der Waals surface area contributed by atoms with Crippen LogP contribution in [0.2, 0.25) is 5.02 Å². The number of hydrogen-bond acceptors (Lipinski definition) is 4. The molecule has 0 aliphatic heterocycles. The van der Waals surface area contributed by atoms with Crippen molar-refractivity contribution in [3.05, 3.63) is 45.5 Å². The molecule has 0 spiro atoms. The number of rotatable bonds is 7. The molecule has 104 valence electrons. The predicted molar refractivity (Wildman–Crippen MR) is 75.9 cm³/mol. The number of nitro groups is 1. The zero-order valence-electron chi connectivity index (χ0n) is 11.0. The first-order valence-electron chi connectivity index (χ1n) is 5.87. The van der Waals surface area contributed by atoms with Crippen molar-refractivity contribution in [1.29, 1.82) is 0 Å². The maximum atomic E-state index is 10.9. The monoisotopic (exact) mass is 284 g/mol. The highest BCUT2D eigenvalue weighted by Gasteiger charge is 2.15. The highest BCUT2D eigenvalue weighted by atomic mass is 35.5. The lowest BCUT2D eigenvalue weighted by molar-refractivity contribution is -0.385. The van der Waals surface area contributed by atoms with Crippen LogP contribution < -0.4 is 10.1 Å². The second-order valence-corrected chi connectivity index (χ2v) is 4.88. The van der Waals surface area contributed by atoms with Gasteiger partial charge in [0, 0.05) is 23.7 Å². The summed E-state index contributed by atoms with van der Waals surface area (Å²) in [7, 11) is 0. The second-order valence-electron chi connectivity index (χ2n) is 4.44. The van der Waals surface area contributed by atoms with Crippen LogP contribution in [0, 0.1) is 10.1 Å². The number of ether oxygens (including phenoxy) is 1. The second kappa shape index (κ2) is 7.11. The fourth-order valence-corrected chi connectivity index (χ4v) is 1.50. The van der Waals surface area contributed by atoms with Crippen LogP contribution in [-0.4, -0.2) is 24.1 Å². The van der Waals surface area contributed by atoms with Crippen LogP contribution in [0.4, 0.5) is 5.69 Å². The van der Waals surface area contributed by atoms with Gasteiger partial charge in [-0.15, -0.1) is 0 Å². The Labute approximate surface area is 117 Å². The number of nitrogens with zero attached hydrogens (tertiary/aromatic N) is 1. The van der Waals surface area contributed by atoms with E-state index >= 15 is 0 Å². The highest BCUT2D eigenvalue weighted by molar-refractivity contribution is 6.30. The number of nitrogens with one attached hydrogen (secondary N) is 1. The summed E-state index contributed by atoms with van der Waals surface area (Å²) in [6, 6.07) is 4.66. The van der Waals surface area contributed by atoms with E-state index in [-0.39, 0.29) is 18.0 Å². The van der Waals surface area contributed by atoms with Crippen molar-refractivity contribution in [1.82, 2.24) is 5.32 Å². The van der Waals surface area contributed by atoms with Gasteiger partial charge in [-0.2, -0.15) is 0 Å². The lowest BCUT2D eigenvalue weighted by Crippen LogP contribution is -2.26. The molecule has 19 heavy (non-hydrogen) atoms. The first kappa shape index (κ1) is 15.5. The van der Waals surface area contributed by atoms with Crippen molar-refractivity contribution in [3.63, 3.8) is 0 Å². The third-order valence-corrected chi connectivity index (χ3v) is 2.54. The van der Waals surface area contributed by atoms with Gasteiger partial charge in [-0.05, 0) is 17.7 Å². The van der Waals surface area contributed by atoms with E-state index in [1.807, 2.05) is 13.8 Å². The molecule has 1 aromatic rings. The molecule has 0 unspecified atom stereocenters. The first-order valence-corrected chi connectivity index (χ1v) is 6.24. The molecule has 6 heteroatoms. The smallest absolute Gasteiger partial charge is 0.312 e. The van der Waals surface area contributed by atoms with Gasteiger partial charge in [0.15, 0.2) is 5.75 Å². The Morgan fingerprint density at radius 3 is 2.84 bits per heavy atom. The Kier molecular flexibility index (Phi) is 5.79. The zero-order valence-corrected chi connectivity index (χ0v) is 11.7. The summed E-state index contributed by atoms with van der Waals surface area (Å²) in [5.74, 6) is 0.195. The van der Waals surface area contributed by atoms with Gasteiger partial charge in [-0.3, -0.25) is 10.1 Å². The van der Waals surface area contributed by atoms with E-state index in [0.717, 1.165) is 5.57 Å². The van der Waals surface area contributed by atoms with Gasteiger partial charge in [-0.1, -0.05) is 32.0 Å². The molecule has 0 aromatic heterocycles. The Balaban J connectivity index is 2.62. The summed E-state index contributed by atoms with van der Waals surface area (Å²) < 4.78 is 5.41. The van der Waals surface area contributed by atoms with Crippen LogP contribution in [0.3, 0.4) is 0 Å². The van der Waals surface area contributed by atoms with Gasteiger partial charge >= 0.3 is 5.69 Å². The minimum atomic E-state index is -0.518. The first-order chi connectivity index (χ1) is 8.90. The number of benzene rings is 1. The summed E-state index contributed by atoms with van der Waals surface area (Å²) in [4.78, 5) is 10.3. The molecular weight excluding hydrogens is 268 g/mol. The summed E-state index contributed by atoms with van der Waals surface area (Å²) in [5.41, 5.74) is 0.676. The standard InChI is InChI=1S/C13H17ClN2O3/c1-9(2)15-7-10(3)8-19-13-5-4-11(14)6-12(13)16(17)18/h4-6,9,15H,3,7-8H2,1-2H3. The van der Waals surface area contributed by atoms with Crippen LogP contribution in [0.15, 0.2) is 30.4 Å². The molecule has 0 radical (unpaired) electrons. The minimum Gasteiger partial charge on any atom is -0.482 e. The largest absolute Gasteiger partial charge is 0.482 e. The van der Waals surface area contributed by atoms with E-state index in [4.69, 9.17) is 16.3 Å². The summed E-state index contributed by atoms with van der Waals surface area (Å²) >= 11 is 5.72. The minimum absolute atomic E-state index is 0.142. The quantitative estimate of drug-likeness (QED) is 0.474. The Morgan fingerprint density at radius 1 is 1.58 bits per heavy atom. The van der Waals surface area contributed by atoms with Gasteiger partial charge in [0.1, 0.15) is 6.61 Å². The van der Waals surface area contributed by atoms with E-state index in [1.54, 1.807) is 6.07 Å². The Morgan fingerprint density at radius 2 is 2.26 bits per heavy atom. The van der Waals surface area contributed by atoms with Gasteiger partial charge in [0.2, 0.25) is 0 Å². The fourth-order valence-electron chi connectivity index (χ4n) is 1.33. The van der Waals surface area contributed by atoms with Crippen LogP contribution in [0.5, 0.6) is 5.75 Å². The topological polar surface area (TPSA) is 64.4 Å². The third kappa shape index (κ3) is 5.28. The molecule has 0 amide bonds. The van der Waals surface area contributed by atoms with Crippen molar-refractivity contribution in [3.8, 4) is 5.75 Å². The molecule has 1 aromatic carbocycles. The van der Waals surface area contributed by atoms with Gasteiger partial charge in [0.05, 0.1) is 4.92 Å². The number of hydrogen-bond donors (Lipinski definition) is 1. The summed E-state index contributed by atoms with van der Waals surface area (Å²) in [6.45, 7) is 8.74. The molecule has 5 nitrogen and oxygen atoms in total. The van der Waals surface area contributed by atoms with Gasteiger partial charge in [-0.25, -0.2) is 0 Å². The van der Waals surface area contributed by atoms with Crippen molar-refractivity contribution in [2.75, 3.05) is 13.2 Å². The molecule has 0 aliphatic carbocycles. The van der Waals surface area contributed by atoms with Gasteiger partial charge < -0.3 is 10.1 Å². The molecule has 0 bridgehead atoms. The van der Waals surface area contributed by atoms with Gasteiger partial charge in [0.25, 0.3) is 0 Å². The molecule has 0 atom stereocenters. The SMILES string of the molecule is C=C(CNC(C)C)COc1ccc(Cl)cc1[N+](=O)[O-].